The van der Waals surface area contributed by atoms with Crippen LogP contribution >= 0.6 is 0 Å². The molecule has 30 heavy (non-hydrogen) atoms. The number of rotatable bonds is 6. The molecule has 2 fully saturated rings. The zero-order chi connectivity index (χ0) is 20.7. The summed E-state index contributed by atoms with van der Waals surface area (Å²) in [5.74, 6) is 1.22. The average Bonchev–Trinajstić information content (AvgIpc) is 3.41. The van der Waals surface area contributed by atoms with E-state index in [0.29, 0.717) is 19.0 Å². The van der Waals surface area contributed by atoms with Crippen molar-refractivity contribution < 1.29 is 8.42 Å². The highest BCUT2D eigenvalue weighted by molar-refractivity contribution is 7.87. The predicted octanol–water partition coefficient (Wildman–Crippen LogP) is 1.36. The Hall–Kier alpha value is -2.50. The van der Waals surface area contributed by atoms with Gasteiger partial charge < -0.3 is 9.88 Å². The van der Waals surface area contributed by atoms with E-state index < -0.39 is 10.2 Å². The van der Waals surface area contributed by atoms with E-state index in [4.69, 9.17) is 0 Å². The molecule has 0 amide bonds. The van der Waals surface area contributed by atoms with Gasteiger partial charge in [-0.05, 0) is 37.8 Å². The molecule has 3 aromatic heterocycles. The summed E-state index contributed by atoms with van der Waals surface area (Å²) in [5, 5.41) is 7.97. The minimum atomic E-state index is -3.47. The standard InChI is InChI=1S/C19H26N8O2S/c1-26(19-16-2-6-20-18(16)21-12-22-19)15-10-14(11-15)25-30(28,29)27-8-4-13(5-9-27)17-3-7-23-24-17/h2-3,6-7,12-15,25H,4-5,8-11H2,1H3,(H,23,24)(H,20,21,22). The summed E-state index contributed by atoms with van der Waals surface area (Å²) in [6.07, 6.45) is 8.28. The van der Waals surface area contributed by atoms with Crippen molar-refractivity contribution in [3.63, 3.8) is 0 Å². The van der Waals surface area contributed by atoms with Crippen LogP contribution in [0.4, 0.5) is 5.82 Å². The van der Waals surface area contributed by atoms with Crippen LogP contribution in [0.5, 0.6) is 0 Å². The first-order chi connectivity index (χ1) is 14.5. The molecule has 0 unspecified atom stereocenters. The summed E-state index contributed by atoms with van der Waals surface area (Å²) in [6.45, 7) is 1.06. The van der Waals surface area contributed by atoms with Crippen LogP contribution in [0.15, 0.2) is 30.9 Å². The van der Waals surface area contributed by atoms with Crippen molar-refractivity contribution in [2.45, 2.75) is 43.7 Å². The molecule has 11 heteroatoms. The molecular formula is C19H26N8O2S. The monoisotopic (exact) mass is 430 g/mol. The summed E-state index contributed by atoms with van der Waals surface area (Å²) in [4.78, 5) is 13.9. The molecule has 3 N–H and O–H groups in total. The Labute approximate surface area is 175 Å². The third-order valence-electron chi connectivity index (χ3n) is 6.40. The Balaban J connectivity index is 1.15. The molecule has 5 rings (SSSR count). The van der Waals surface area contributed by atoms with Gasteiger partial charge in [-0.15, -0.1) is 0 Å². The number of hydrogen-bond acceptors (Lipinski definition) is 6. The van der Waals surface area contributed by atoms with Crippen LogP contribution in [-0.4, -0.2) is 70.1 Å². The van der Waals surface area contributed by atoms with E-state index in [-0.39, 0.29) is 12.1 Å². The largest absolute Gasteiger partial charge is 0.356 e. The van der Waals surface area contributed by atoms with Gasteiger partial charge in [0.15, 0.2) is 0 Å². The van der Waals surface area contributed by atoms with Crippen molar-refractivity contribution in [2.75, 3.05) is 25.0 Å². The van der Waals surface area contributed by atoms with Crippen LogP contribution in [0.25, 0.3) is 11.0 Å². The molecule has 10 nitrogen and oxygen atoms in total. The van der Waals surface area contributed by atoms with Crippen LogP contribution < -0.4 is 9.62 Å². The van der Waals surface area contributed by atoms with Crippen molar-refractivity contribution in [1.29, 1.82) is 0 Å². The topological polar surface area (TPSA) is 123 Å². The number of piperidine rings is 1. The van der Waals surface area contributed by atoms with Gasteiger partial charge in [-0.2, -0.15) is 22.5 Å². The van der Waals surface area contributed by atoms with Crippen molar-refractivity contribution in [3.8, 4) is 0 Å². The van der Waals surface area contributed by atoms with Crippen molar-refractivity contribution in [2.24, 2.45) is 0 Å². The van der Waals surface area contributed by atoms with Crippen molar-refractivity contribution >= 4 is 27.1 Å². The highest BCUT2D eigenvalue weighted by Gasteiger charge is 2.38. The summed E-state index contributed by atoms with van der Waals surface area (Å²) < 4.78 is 30.1. The smallest absolute Gasteiger partial charge is 0.279 e. The second-order valence-electron chi connectivity index (χ2n) is 8.18. The van der Waals surface area contributed by atoms with E-state index >= 15 is 0 Å². The Morgan fingerprint density at radius 2 is 2.00 bits per heavy atom. The Morgan fingerprint density at radius 3 is 2.73 bits per heavy atom. The van der Waals surface area contributed by atoms with Gasteiger partial charge >= 0.3 is 0 Å². The van der Waals surface area contributed by atoms with Gasteiger partial charge in [0.05, 0.1) is 5.39 Å². The first-order valence-corrected chi connectivity index (χ1v) is 11.7. The van der Waals surface area contributed by atoms with E-state index in [0.717, 1.165) is 48.2 Å². The molecule has 1 aliphatic carbocycles. The zero-order valence-electron chi connectivity index (χ0n) is 16.8. The number of nitrogens with zero attached hydrogens (tertiary/aromatic N) is 5. The van der Waals surface area contributed by atoms with E-state index in [1.165, 1.54) is 0 Å². The van der Waals surface area contributed by atoms with Crippen LogP contribution in [0.1, 0.15) is 37.3 Å². The SMILES string of the molecule is CN(c1ncnc2[nH]ccc12)C1CC(NS(=O)(=O)N2CCC(c3ccn[nH]3)CC2)C1. The maximum atomic E-state index is 12.8. The zero-order valence-corrected chi connectivity index (χ0v) is 17.6. The molecular weight excluding hydrogens is 404 g/mol. The van der Waals surface area contributed by atoms with E-state index in [1.807, 2.05) is 25.4 Å². The average molecular weight is 431 g/mol. The van der Waals surface area contributed by atoms with Gasteiger partial charge in [-0.25, -0.2) is 9.97 Å². The molecule has 1 saturated carbocycles. The maximum Gasteiger partial charge on any atom is 0.279 e. The van der Waals surface area contributed by atoms with E-state index in [1.54, 1.807) is 16.8 Å². The first-order valence-electron chi connectivity index (χ1n) is 10.3. The lowest BCUT2D eigenvalue weighted by atomic mass is 9.86. The lowest BCUT2D eigenvalue weighted by Crippen LogP contribution is -2.56. The summed E-state index contributed by atoms with van der Waals surface area (Å²) in [7, 11) is -1.46. The molecule has 3 aromatic rings. The van der Waals surface area contributed by atoms with Crippen LogP contribution in [0.3, 0.4) is 0 Å². The fourth-order valence-electron chi connectivity index (χ4n) is 4.50. The van der Waals surface area contributed by atoms with Gasteiger partial charge in [0.1, 0.15) is 17.8 Å². The number of aromatic nitrogens is 5. The Morgan fingerprint density at radius 1 is 1.20 bits per heavy atom. The second kappa shape index (κ2) is 7.64. The first kappa shape index (κ1) is 19.5. The highest BCUT2D eigenvalue weighted by Crippen LogP contribution is 2.32. The third kappa shape index (κ3) is 3.57. The molecule has 1 saturated heterocycles. The van der Waals surface area contributed by atoms with Crippen LogP contribution in [-0.2, 0) is 10.2 Å². The molecule has 0 atom stereocenters. The lowest BCUT2D eigenvalue weighted by molar-refractivity contribution is 0.285. The number of aromatic amines is 2. The van der Waals surface area contributed by atoms with E-state index in [2.05, 4.69) is 34.8 Å². The quantitative estimate of drug-likeness (QED) is 0.543. The van der Waals surface area contributed by atoms with Crippen LogP contribution in [0, 0.1) is 0 Å². The molecule has 0 radical (unpaired) electrons. The van der Waals surface area contributed by atoms with Crippen molar-refractivity contribution in [3.05, 3.63) is 36.5 Å². The van der Waals surface area contributed by atoms with E-state index in [9.17, 15) is 8.42 Å². The third-order valence-corrected chi connectivity index (χ3v) is 8.08. The lowest BCUT2D eigenvalue weighted by Gasteiger charge is -2.42. The number of anilines is 1. The van der Waals surface area contributed by atoms with Gasteiger partial charge in [0.2, 0.25) is 0 Å². The van der Waals surface area contributed by atoms with Gasteiger partial charge in [-0.3, -0.25) is 5.10 Å². The number of fused-ring (bicyclic) bond motifs is 1. The van der Waals surface area contributed by atoms with Gasteiger partial charge in [-0.1, -0.05) is 0 Å². The van der Waals surface area contributed by atoms with Crippen molar-refractivity contribution in [1.82, 2.24) is 34.2 Å². The minimum absolute atomic E-state index is 0.0451. The minimum Gasteiger partial charge on any atom is -0.356 e. The molecule has 0 aromatic carbocycles. The normalized spacial score (nSPS) is 23.5. The molecule has 0 spiro atoms. The summed E-state index contributed by atoms with van der Waals surface area (Å²) in [6, 6.07) is 4.14. The van der Waals surface area contributed by atoms with Crippen LogP contribution in [0.2, 0.25) is 0 Å². The summed E-state index contributed by atoms with van der Waals surface area (Å²) in [5.41, 5.74) is 1.90. The molecule has 0 bridgehead atoms. The summed E-state index contributed by atoms with van der Waals surface area (Å²) >= 11 is 0. The number of nitrogens with one attached hydrogen (secondary N) is 3. The fraction of sp³-hybridized carbons (Fsp3) is 0.526. The van der Waals surface area contributed by atoms with Gasteiger partial charge in [0, 0.05) is 56.2 Å². The number of hydrogen-bond donors (Lipinski definition) is 3. The predicted molar refractivity (Wildman–Crippen MR) is 113 cm³/mol. The number of H-pyrrole nitrogens is 2. The Kier molecular flexibility index (Phi) is 4.95. The highest BCUT2D eigenvalue weighted by atomic mass is 32.2. The molecule has 4 heterocycles. The Bertz CT molecular complexity index is 1100. The maximum absolute atomic E-state index is 12.8. The van der Waals surface area contributed by atoms with Gasteiger partial charge in [0.25, 0.3) is 10.2 Å². The fourth-order valence-corrected chi connectivity index (χ4v) is 5.95. The molecule has 1 aliphatic heterocycles. The molecule has 160 valence electrons. The molecule has 2 aliphatic rings. The second-order valence-corrected chi connectivity index (χ2v) is 9.88.